The molecule has 0 spiro atoms. The number of alkyl halides is 3. The predicted octanol–water partition coefficient (Wildman–Crippen LogP) is 6.44. The quantitative estimate of drug-likeness (QED) is 0.0583. The second-order valence-electron chi connectivity index (χ2n) is 16.0. The van der Waals surface area contributed by atoms with Crippen LogP contribution in [0.5, 0.6) is 11.5 Å². The number of anilines is 3. The molecule has 4 heterocycles. The molecule has 62 heavy (non-hydrogen) atoms. The van der Waals surface area contributed by atoms with Gasteiger partial charge in [-0.15, -0.1) is 0 Å². The van der Waals surface area contributed by atoms with Crippen LogP contribution in [-0.4, -0.2) is 81.6 Å². The van der Waals surface area contributed by atoms with E-state index in [1.54, 1.807) is 49.1 Å². The third kappa shape index (κ3) is 10.0. The Morgan fingerprint density at radius 2 is 1.76 bits per heavy atom. The summed E-state index contributed by atoms with van der Waals surface area (Å²) >= 11 is 0. The number of methoxy groups -OCH3 is 1. The van der Waals surface area contributed by atoms with Crippen molar-refractivity contribution in [2.75, 3.05) is 36.6 Å². The fraction of sp³-hybridized carbons (Fsp3) is 0.432. The van der Waals surface area contributed by atoms with E-state index in [2.05, 4.69) is 25.9 Å². The number of fused-ring (bicyclic) bond motifs is 2. The third-order valence-corrected chi connectivity index (χ3v) is 11.4. The molecule has 5 amide bonds. The van der Waals surface area contributed by atoms with Crippen molar-refractivity contribution in [3.63, 3.8) is 0 Å². The highest BCUT2D eigenvalue weighted by Crippen LogP contribution is 2.38. The number of aryl methyl sites for hydroxylation is 1. The van der Waals surface area contributed by atoms with E-state index in [4.69, 9.17) is 15.2 Å². The molecule has 0 aliphatic carbocycles. The number of aromatic nitrogens is 2. The van der Waals surface area contributed by atoms with Gasteiger partial charge in [-0.25, -0.2) is 9.97 Å². The van der Waals surface area contributed by atoms with Crippen LogP contribution in [-0.2, 0) is 31.9 Å². The van der Waals surface area contributed by atoms with Crippen LogP contribution < -0.4 is 31.2 Å². The molecular weight excluding hydrogens is 810 g/mol. The monoisotopic (exact) mass is 858 g/mol. The lowest BCUT2D eigenvalue weighted by atomic mass is 10.0. The van der Waals surface area contributed by atoms with Crippen molar-refractivity contribution >= 4 is 57.6 Å². The van der Waals surface area contributed by atoms with E-state index in [0.29, 0.717) is 89.6 Å². The van der Waals surface area contributed by atoms with Crippen molar-refractivity contribution in [1.29, 1.82) is 0 Å². The molecule has 0 radical (unpaired) electrons. The smallest absolute Gasteiger partial charge is 0.416 e. The van der Waals surface area contributed by atoms with Crippen molar-refractivity contribution in [3.05, 3.63) is 76.6 Å². The van der Waals surface area contributed by atoms with Gasteiger partial charge in [-0.1, -0.05) is 18.9 Å². The standard InChI is InChI=1S/C44H49F3N8O7/c1-24(27-16-28(44(45,46)47)18-29(48)17-27)49-41-33-20-37(36(61-3)21-34(33)50-25(2)51-41)62-31-14-15-54(23-31)40(58)9-7-5-4-6-8-38(56)52-30-11-10-26-22-55(43(60)32(26)19-30)35-12-13-39(57)53-42(35)59/h10-11,16-21,24,31,35H,4-9,12-15,22-23,48H2,1-3H3,(H,52,56)(H,49,50,51)(H,53,57,59)/t24-,31+,35?/m1/s1. The molecule has 1 unspecified atom stereocenters. The maximum absolute atomic E-state index is 13.5. The van der Waals surface area contributed by atoms with Crippen molar-refractivity contribution < 1.29 is 46.6 Å². The molecule has 3 aromatic carbocycles. The van der Waals surface area contributed by atoms with E-state index in [9.17, 15) is 37.1 Å². The van der Waals surface area contributed by atoms with Gasteiger partial charge in [-0.3, -0.25) is 29.3 Å². The Kier molecular flexibility index (Phi) is 12.8. The fourth-order valence-corrected chi connectivity index (χ4v) is 8.15. The molecule has 18 heteroatoms. The average molecular weight is 859 g/mol. The van der Waals surface area contributed by atoms with Crippen LogP contribution in [0.25, 0.3) is 10.9 Å². The van der Waals surface area contributed by atoms with Gasteiger partial charge >= 0.3 is 6.18 Å². The van der Waals surface area contributed by atoms with Crippen LogP contribution in [0, 0.1) is 6.92 Å². The lowest BCUT2D eigenvalue weighted by molar-refractivity contribution is -0.138. The summed E-state index contributed by atoms with van der Waals surface area (Å²) in [4.78, 5) is 75.2. The molecule has 3 atom stereocenters. The zero-order chi connectivity index (χ0) is 44.3. The summed E-state index contributed by atoms with van der Waals surface area (Å²) in [7, 11) is 1.51. The number of halogens is 3. The van der Waals surface area contributed by atoms with Gasteiger partial charge in [0.2, 0.25) is 23.6 Å². The lowest BCUT2D eigenvalue weighted by Crippen LogP contribution is -2.52. The van der Waals surface area contributed by atoms with Crippen LogP contribution in [0.3, 0.4) is 0 Å². The Morgan fingerprint density at radius 3 is 2.50 bits per heavy atom. The molecule has 7 rings (SSSR count). The van der Waals surface area contributed by atoms with Crippen molar-refractivity contribution in [1.82, 2.24) is 25.1 Å². The van der Waals surface area contributed by atoms with Gasteiger partial charge in [0.05, 0.1) is 30.8 Å². The number of carbonyl (C=O) groups is 5. The van der Waals surface area contributed by atoms with E-state index in [1.165, 1.54) is 18.1 Å². The van der Waals surface area contributed by atoms with E-state index < -0.39 is 29.7 Å². The number of nitrogens with one attached hydrogen (secondary N) is 3. The second-order valence-corrected chi connectivity index (χ2v) is 16.0. The Labute approximate surface area is 355 Å². The summed E-state index contributed by atoms with van der Waals surface area (Å²) in [6.07, 6.45) is -0.376. The van der Waals surface area contributed by atoms with E-state index >= 15 is 0 Å². The fourth-order valence-electron chi connectivity index (χ4n) is 8.15. The normalized spacial score (nSPS) is 18.1. The highest BCUT2D eigenvalue weighted by atomic mass is 19.4. The number of piperidine rings is 1. The summed E-state index contributed by atoms with van der Waals surface area (Å²) in [5.74, 6) is 0.370. The highest BCUT2D eigenvalue weighted by Gasteiger charge is 2.39. The number of hydrogen-bond acceptors (Lipinski definition) is 11. The van der Waals surface area contributed by atoms with Crippen molar-refractivity contribution in [2.24, 2.45) is 0 Å². The number of hydrogen-bond donors (Lipinski definition) is 4. The Bertz CT molecular complexity index is 2410. The number of carbonyl (C=O) groups excluding carboxylic acids is 5. The van der Waals surface area contributed by atoms with Crippen LogP contribution in [0.2, 0.25) is 0 Å². The maximum atomic E-state index is 13.5. The molecule has 3 aliphatic rings. The van der Waals surface area contributed by atoms with Crippen molar-refractivity contribution in [2.45, 2.75) is 103 Å². The SMILES string of the molecule is COc1cc2nc(C)nc(N[C@H](C)c3cc(N)cc(C(F)(F)F)c3)c2cc1O[C@H]1CCN(C(=O)CCCCCCC(=O)Nc2ccc3c(c2)C(=O)N(C2CCC(=O)NC2=O)C3)C1. The largest absolute Gasteiger partial charge is 0.493 e. The first-order valence-electron chi connectivity index (χ1n) is 20.7. The summed E-state index contributed by atoms with van der Waals surface area (Å²) in [5, 5.41) is 8.94. The number of imide groups is 1. The van der Waals surface area contributed by atoms with Crippen LogP contribution >= 0.6 is 0 Å². The number of nitrogen functional groups attached to an aromatic ring is 1. The minimum absolute atomic E-state index is 0.00636. The minimum Gasteiger partial charge on any atom is -0.493 e. The highest BCUT2D eigenvalue weighted by molar-refractivity contribution is 6.06. The first-order chi connectivity index (χ1) is 29.6. The zero-order valence-electron chi connectivity index (χ0n) is 34.7. The van der Waals surface area contributed by atoms with E-state index in [-0.39, 0.29) is 61.2 Å². The molecule has 5 N–H and O–H groups in total. The van der Waals surface area contributed by atoms with Crippen molar-refractivity contribution in [3.8, 4) is 11.5 Å². The van der Waals surface area contributed by atoms with Gasteiger partial charge < -0.3 is 35.6 Å². The number of unbranched alkanes of at least 4 members (excludes halogenated alkanes) is 3. The first kappa shape index (κ1) is 43.6. The number of benzene rings is 3. The van der Waals surface area contributed by atoms with Gasteiger partial charge in [0.1, 0.15) is 23.8 Å². The minimum atomic E-state index is -4.56. The lowest BCUT2D eigenvalue weighted by Gasteiger charge is -2.29. The summed E-state index contributed by atoms with van der Waals surface area (Å²) in [6, 6.07) is 10.7. The maximum Gasteiger partial charge on any atom is 0.416 e. The molecular formula is C44H49F3N8O7. The molecule has 2 fully saturated rings. The molecule has 0 saturated carbocycles. The number of likely N-dealkylation sites (tertiary alicyclic amines) is 1. The number of nitrogens with zero attached hydrogens (tertiary/aromatic N) is 4. The first-order valence-corrected chi connectivity index (χ1v) is 20.7. The van der Waals surface area contributed by atoms with Crippen LogP contribution in [0.4, 0.5) is 30.4 Å². The number of rotatable bonds is 15. The second kappa shape index (κ2) is 18.3. The van der Waals surface area contributed by atoms with Gasteiger partial charge in [0, 0.05) is 67.2 Å². The topological polar surface area (TPSA) is 198 Å². The van der Waals surface area contributed by atoms with Gasteiger partial charge in [0.15, 0.2) is 11.5 Å². The predicted molar refractivity (Wildman–Crippen MR) is 223 cm³/mol. The number of ether oxygens (including phenoxy) is 2. The molecule has 0 bridgehead atoms. The number of nitrogens with two attached hydrogens (primary N) is 1. The average Bonchev–Trinajstić information content (AvgIpc) is 3.82. The summed E-state index contributed by atoms with van der Waals surface area (Å²) in [6.45, 7) is 4.59. The van der Waals surface area contributed by atoms with Gasteiger partial charge in [-0.2, -0.15) is 13.2 Å². The van der Waals surface area contributed by atoms with Crippen LogP contribution in [0.15, 0.2) is 48.5 Å². The zero-order valence-corrected chi connectivity index (χ0v) is 34.7. The summed E-state index contributed by atoms with van der Waals surface area (Å²) < 4.78 is 52.6. The molecule has 3 aliphatic heterocycles. The Hall–Kier alpha value is -6.46. The molecule has 4 aromatic rings. The Morgan fingerprint density at radius 1 is 0.984 bits per heavy atom. The number of amides is 5. The van der Waals surface area contributed by atoms with Gasteiger partial charge in [-0.05, 0) is 80.6 Å². The third-order valence-electron chi connectivity index (χ3n) is 11.4. The molecule has 1 aromatic heterocycles. The molecule has 328 valence electrons. The summed E-state index contributed by atoms with van der Waals surface area (Å²) in [5.41, 5.74) is 7.52. The van der Waals surface area contributed by atoms with E-state index in [0.717, 1.165) is 30.5 Å². The molecule has 2 saturated heterocycles. The van der Waals surface area contributed by atoms with E-state index in [1.807, 2.05) is 0 Å². The molecule has 15 nitrogen and oxygen atoms in total. The van der Waals surface area contributed by atoms with Crippen LogP contribution in [0.1, 0.15) is 104 Å². The van der Waals surface area contributed by atoms with Gasteiger partial charge in [0.25, 0.3) is 5.91 Å². The Balaban J connectivity index is 0.861.